The highest BCUT2D eigenvalue weighted by atomic mass is 35.5. The van der Waals surface area contributed by atoms with Gasteiger partial charge in [0.15, 0.2) is 0 Å². The van der Waals surface area contributed by atoms with Crippen molar-refractivity contribution in [3.8, 4) is 5.75 Å². The van der Waals surface area contributed by atoms with Gasteiger partial charge in [-0.15, -0.1) is 37.2 Å². The van der Waals surface area contributed by atoms with Crippen molar-refractivity contribution in [2.24, 2.45) is 0 Å². The Morgan fingerprint density at radius 1 is 0.941 bits per heavy atom. The minimum absolute atomic E-state index is 0. The number of aryl methyl sites for hydroxylation is 1. The van der Waals surface area contributed by atoms with Gasteiger partial charge in [0, 0.05) is 47.8 Å². The Bertz CT molecular complexity index is 1160. The van der Waals surface area contributed by atoms with Crippen LogP contribution in [0.4, 0.5) is 0 Å². The molecule has 6 nitrogen and oxygen atoms in total. The molecule has 1 atom stereocenters. The predicted molar refractivity (Wildman–Crippen MR) is 144 cm³/mol. The van der Waals surface area contributed by atoms with Gasteiger partial charge >= 0.3 is 0 Å². The zero-order valence-corrected chi connectivity index (χ0v) is 21.0. The fraction of sp³-hybridized carbons (Fsp3) is 0.240. The molecule has 9 heteroatoms. The standard InChI is InChI=1S/C25H26N4O2.3ClH/c30-25-9-5-21-17-22(6-8-24(21)29-25)31-16-2-13-28-23(20-10-14-26-15-11-20)7-4-19-3-1-12-27-18-19;;;/h1,3,5-6,8-12,14-15,17-18,23,28H,2,4,7,13,16H2,(H,29,30);3*1H. The molecule has 3 aromatic heterocycles. The second kappa shape index (κ2) is 15.3. The summed E-state index contributed by atoms with van der Waals surface area (Å²) in [4.78, 5) is 22.6. The van der Waals surface area contributed by atoms with Crippen molar-refractivity contribution in [3.63, 3.8) is 0 Å². The van der Waals surface area contributed by atoms with Crippen LogP contribution in [0.1, 0.15) is 30.0 Å². The number of nitrogens with one attached hydrogen (secondary N) is 2. The average molecular weight is 524 g/mol. The highest BCUT2D eigenvalue weighted by Crippen LogP contribution is 2.20. The molecule has 0 spiro atoms. The van der Waals surface area contributed by atoms with Crippen molar-refractivity contribution in [1.82, 2.24) is 20.3 Å². The van der Waals surface area contributed by atoms with E-state index in [-0.39, 0.29) is 48.8 Å². The second-order valence-corrected chi connectivity index (χ2v) is 7.46. The van der Waals surface area contributed by atoms with Crippen LogP contribution in [0.15, 0.2) is 84.2 Å². The first-order valence-electron chi connectivity index (χ1n) is 10.6. The van der Waals surface area contributed by atoms with Crippen LogP contribution < -0.4 is 15.6 Å². The van der Waals surface area contributed by atoms with E-state index in [4.69, 9.17) is 4.74 Å². The van der Waals surface area contributed by atoms with Gasteiger partial charge in [0.1, 0.15) is 5.75 Å². The van der Waals surface area contributed by atoms with Gasteiger partial charge in [0.05, 0.1) is 6.61 Å². The number of hydrogen-bond donors (Lipinski definition) is 2. The smallest absolute Gasteiger partial charge is 0.248 e. The van der Waals surface area contributed by atoms with Crippen LogP contribution in [0.5, 0.6) is 5.75 Å². The number of benzene rings is 1. The van der Waals surface area contributed by atoms with Crippen molar-refractivity contribution >= 4 is 48.1 Å². The molecule has 182 valence electrons. The third-order valence-electron chi connectivity index (χ3n) is 5.23. The Morgan fingerprint density at radius 2 is 1.76 bits per heavy atom. The maximum absolute atomic E-state index is 11.4. The summed E-state index contributed by atoms with van der Waals surface area (Å²) < 4.78 is 5.91. The molecule has 0 fully saturated rings. The van der Waals surface area contributed by atoms with Crippen LogP contribution in [-0.4, -0.2) is 28.1 Å². The number of fused-ring (bicyclic) bond motifs is 1. The summed E-state index contributed by atoms with van der Waals surface area (Å²) in [7, 11) is 0. The van der Waals surface area contributed by atoms with E-state index >= 15 is 0 Å². The number of aromatic amines is 1. The number of halogens is 3. The Balaban J connectivity index is 0.00000193. The van der Waals surface area contributed by atoms with Crippen molar-refractivity contribution < 1.29 is 4.74 Å². The monoisotopic (exact) mass is 522 g/mol. The minimum Gasteiger partial charge on any atom is -0.494 e. The molecule has 0 aliphatic rings. The first kappa shape index (κ1) is 29.4. The number of ether oxygens (including phenoxy) is 1. The molecule has 0 aliphatic heterocycles. The minimum atomic E-state index is -0.0977. The van der Waals surface area contributed by atoms with Crippen LogP contribution >= 0.6 is 37.2 Å². The molecule has 4 aromatic rings. The van der Waals surface area contributed by atoms with E-state index in [1.54, 1.807) is 6.20 Å². The number of pyridine rings is 3. The molecule has 0 radical (unpaired) electrons. The summed E-state index contributed by atoms with van der Waals surface area (Å²) in [5, 5.41) is 4.62. The van der Waals surface area contributed by atoms with E-state index in [1.807, 2.05) is 48.9 Å². The lowest BCUT2D eigenvalue weighted by Crippen LogP contribution is -2.24. The van der Waals surface area contributed by atoms with E-state index in [2.05, 4.69) is 38.5 Å². The Labute approximate surface area is 217 Å². The highest BCUT2D eigenvalue weighted by molar-refractivity contribution is 5.86. The summed E-state index contributed by atoms with van der Waals surface area (Å²) in [6.45, 7) is 1.47. The van der Waals surface area contributed by atoms with Gasteiger partial charge < -0.3 is 15.0 Å². The molecule has 1 unspecified atom stereocenters. The summed E-state index contributed by atoms with van der Waals surface area (Å²) in [6.07, 6.45) is 10.2. The molecule has 0 aliphatic carbocycles. The number of hydrogen-bond acceptors (Lipinski definition) is 5. The molecule has 0 amide bonds. The summed E-state index contributed by atoms with van der Waals surface area (Å²) in [5.41, 5.74) is 3.20. The van der Waals surface area contributed by atoms with E-state index in [0.717, 1.165) is 42.5 Å². The van der Waals surface area contributed by atoms with Gasteiger partial charge in [-0.25, -0.2) is 0 Å². The Hall–Kier alpha value is -2.64. The molecule has 0 saturated carbocycles. The van der Waals surface area contributed by atoms with E-state index < -0.39 is 0 Å². The van der Waals surface area contributed by atoms with Gasteiger partial charge in [0.2, 0.25) is 5.56 Å². The normalized spacial score (nSPS) is 10.9. The second-order valence-electron chi connectivity index (χ2n) is 7.46. The zero-order chi connectivity index (χ0) is 21.3. The van der Waals surface area contributed by atoms with Gasteiger partial charge in [-0.05, 0) is 79.4 Å². The first-order chi connectivity index (χ1) is 15.3. The van der Waals surface area contributed by atoms with Crippen LogP contribution in [-0.2, 0) is 6.42 Å². The maximum Gasteiger partial charge on any atom is 0.248 e. The highest BCUT2D eigenvalue weighted by Gasteiger charge is 2.11. The fourth-order valence-corrected chi connectivity index (χ4v) is 3.60. The maximum atomic E-state index is 11.4. The Kier molecular flexibility index (Phi) is 13.2. The van der Waals surface area contributed by atoms with E-state index in [9.17, 15) is 4.79 Å². The third-order valence-corrected chi connectivity index (χ3v) is 5.23. The SMILES string of the molecule is Cl.Cl.Cl.O=c1ccc2cc(OCCCNC(CCc3cccnc3)c3ccncc3)ccc2[nH]1. The van der Waals surface area contributed by atoms with E-state index in [1.165, 1.54) is 17.2 Å². The van der Waals surface area contributed by atoms with Crippen molar-refractivity contribution in [1.29, 1.82) is 0 Å². The molecule has 3 heterocycles. The molecule has 1 aromatic carbocycles. The number of nitrogens with zero attached hydrogens (tertiary/aromatic N) is 2. The zero-order valence-electron chi connectivity index (χ0n) is 18.6. The number of rotatable bonds is 10. The quantitative estimate of drug-likeness (QED) is 0.275. The number of H-pyrrole nitrogens is 1. The van der Waals surface area contributed by atoms with E-state index in [0.29, 0.717) is 6.61 Å². The fourth-order valence-electron chi connectivity index (χ4n) is 3.60. The molecular weight excluding hydrogens is 495 g/mol. The van der Waals surface area contributed by atoms with Gasteiger partial charge in [-0.2, -0.15) is 0 Å². The lowest BCUT2D eigenvalue weighted by molar-refractivity contribution is 0.304. The Morgan fingerprint density at radius 3 is 2.53 bits per heavy atom. The molecule has 34 heavy (non-hydrogen) atoms. The largest absolute Gasteiger partial charge is 0.494 e. The summed E-state index contributed by atoms with van der Waals surface area (Å²) >= 11 is 0. The van der Waals surface area contributed by atoms with Crippen LogP contribution in [0, 0.1) is 0 Å². The average Bonchev–Trinajstić information content (AvgIpc) is 2.82. The van der Waals surface area contributed by atoms with Crippen LogP contribution in [0.3, 0.4) is 0 Å². The van der Waals surface area contributed by atoms with Crippen molar-refractivity contribution in [3.05, 3.63) is 101 Å². The summed E-state index contributed by atoms with van der Waals surface area (Å²) in [5.74, 6) is 0.807. The molecule has 0 bridgehead atoms. The van der Waals surface area contributed by atoms with Crippen LogP contribution in [0.25, 0.3) is 10.9 Å². The van der Waals surface area contributed by atoms with Gasteiger partial charge in [0.25, 0.3) is 0 Å². The summed E-state index contributed by atoms with van der Waals surface area (Å²) in [6, 6.07) is 17.5. The lowest BCUT2D eigenvalue weighted by atomic mass is 10.0. The van der Waals surface area contributed by atoms with Gasteiger partial charge in [-0.3, -0.25) is 14.8 Å². The molecule has 4 rings (SSSR count). The molecular formula is C25H29Cl3N4O2. The topological polar surface area (TPSA) is 79.9 Å². The molecule has 2 N–H and O–H groups in total. The predicted octanol–water partition coefficient (Wildman–Crippen LogP) is 5.32. The molecule has 0 saturated heterocycles. The number of aromatic nitrogens is 3. The lowest BCUT2D eigenvalue weighted by Gasteiger charge is -2.19. The van der Waals surface area contributed by atoms with Crippen molar-refractivity contribution in [2.45, 2.75) is 25.3 Å². The first-order valence-corrected chi connectivity index (χ1v) is 10.6. The van der Waals surface area contributed by atoms with Crippen LogP contribution in [0.2, 0.25) is 0 Å². The van der Waals surface area contributed by atoms with Gasteiger partial charge in [-0.1, -0.05) is 6.07 Å². The third kappa shape index (κ3) is 8.61. The van der Waals surface area contributed by atoms with Crippen molar-refractivity contribution in [2.75, 3.05) is 13.2 Å².